The molecule has 5 aliphatic rings. The van der Waals surface area contributed by atoms with Crippen molar-refractivity contribution in [3.05, 3.63) is 12.7 Å². The molecule has 19 nitrogen and oxygen atoms in total. The van der Waals surface area contributed by atoms with Crippen LogP contribution in [-0.2, 0) is 56.0 Å². The molecule has 7 heterocycles. The fraction of sp³-hybridized carbons (Fsp3) is 0.650. The van der Waals surface area contributed by atoms with Crippen LogP contribution in [0.3, 0.4) is 0 Å². The summed E-state index contributed by atoms with van der Waals surface area (Å²) in [6.07, 6.45) is -11.0. The smallest absolute Gasteiger partial charge is 0.325 e. The average molecular weight is 715 g/mol. The van der Waals surface area contributed by atoms with E-state index in [0.717, 1.165) is 6.33 Å². The fourth-order valence-corrected chi connectivity index (χ4v) is 8.50. The van der Waals surface area contributed by atoms with Crippen molar-refractivity contribution in [3.8, 4) is 0 Å². The van der Waals surface area contributed by atoms with Gasteiger partial charge in [-0.1, -0.05) is 0 Å². The molecule has 0 radical (unpaired) electrons. The second-order valence-electron chi connectivity index (χ2n) is 10.5. The lowest BCUT2D eigenvalue weighted by molar-refractivity contribution is -0.130. The van der Waals surface area contributed by atoms with Crippen LogP contribution >= 0.6 is 13.4 Å². The van der Waals surface area contributed by atoms with Gasteiger partial charge in [0.25, 0.3) is 5.91 Å². The van der Waals surface area contributed by atoms with Crippen LogP contribution in [0.5, 0.6) is 0 Å². The second-order valence-corrected chi connectivity index (χ2v) is 16.1. The summed E-state index contributed by atoms with van der Waals surface area (Å²) < 4.78 is 67.0. The molecule has 4 fully saturated rings. The number of nitrogens with two attached hydrogens (primary N) is 2. The van der Waals surface area contributed by atoms with Crippen LogP contribution in [-0.4, -0.2) is 121 Å². The van der Waals surface area contributed by atoms with Gasteiger partial charge in [0.15, 0.2) is 42.3 Å². The number of aliphatic imine (C=N–C) groups is 1. The maximum atomic E-state index is 16.0. The molecule has 7 rings (SSSR count). The van der Waals surface area contributed by atoms with Crippen LogP contribution < -0.4 is 22.1 Å². The van der Waals surface area contributed by atoms with E-state index in [0.29, 0.717) is 0 Å². The van der Waals surface area contributed by atoms with Gasteiger partial charge in [0, 0.05) is 0 Å². The Morgan fingerprint density at radius 3 is 2.44 bits per heavy atom. The molecule has 0 saturated carbocycles. The van der Waals surface area contributed by atoms with Crippen LogP contribution in [0.25, 0.3) is 11.2 Å². The van der Waals surface area contributed by atoms with Gasteiger partial charge in [-0.3, -0.25) is 34.5 Å². The molecule has 25 heteroatoms. The molecule has 5 unspecified atom stereocenters. The minimum Gasteiger partial charge on any atom is -0.382 e. The van der Waals surface area contributed by atoms with Gasteiger partial charge < -0.3 is 44.3 Å². The van der Waals surface area contributed by atoms with Crippen molar-refractivity contribution in [2.75, 3.05) is 18.9 Å². The van der Waals surface area contributed by atoms with E-state index in [2.05, 4.69) is 30.6 Å². The number of hydrogen-bond donors (Lipinski definition) is 6. The number of ether oxygens (including phenoxy) is 2. The van der Waals surface area contributed by atoms with Crippen molar-refractivity contribution in [1.29, 1.82) is 0 Å². The van der Waals surface area contributed by atoms with E-state index in [1.807, 2.05) is 0 Å². The first kappa shape index (κ1) is 31.6. The van der Waals surface area contributed by atoms with E-state index in [9.17, 15) is 14.6 Å². The molecular weight excluding hydrogens is 688 g/mol. The lowest BCUT2D eigenvalue weighted by atomic mass is 10.1. The fourth-order valence-electron chi connectivity index (χ4n) is 5.66. The van der Waals surface area contributed by atoms with E-state index in [-0.39, 0.29) is 17.0 Å². The Kier molecular flexibility index (Phi) is 8.18. The van der Waals surface area contributed by atoms with Gasteiger partial charge in [-0.15, -0.1) is 0 Å². The van der Waals surface area contributed by atoms with Gasteiger partial charge >= 0.3 is 13.4 Å². The Morgan fingerprint density at radius 1 is 1.00 bits per heavy atom. The molecule has 45 heavy (non-hydrogen) atoms. The first-order valence-corrected chi connectivity index (χ1v) is 18.5. The van der Waals surface area contributed by atoms with Gasteiger partial charge in [-0.2, -0.15) is 0 Å². The van der Waals surface area contributed by atoms with Crippen molar-refractivity contribution >= 4 is 66.3 Å². The van der Waals surface area contributed by atoms with Gasteiger partial charge in [-0.05, 0) is 23.6 Å². The molecule has 0 spiro atoms. The van der Waals surface area contributed by atoms with E-state index in [1.165, 1.54) is 22.1 Å². The summed E-state index contributed by atoms with van der Waals surface area (Å²) in [4.78, 5) is 51.9. The number of aromatic nitrogens is 4. The molecule has 2 aromatic heterocycles. The topological polar surface area (TPSA) is 248 Å². The maximum Gasteiger partial charge on any atom is 0.325 e. The van der Waals surface area contributed by atoms with E-state index < -0.39 is 100 Å². The number of halogens is 2. The summed E-state index contributed by atoms with van der Waals surface area (Å²) in [6, 6.07) is -0.952. The summed E-state index contributed by atoms with van der Waals surface area (Å²) in [5.41, 5.74) is 12.0. The van der Waals surface area contributed by atoms with Crippen molar-refractivity contribution < 1.29 is 50.9 Å². The Hall–Kier alpha value is -1.95. The van der Waals surface area contributed by atoms with E-state index >= 15 is 8.78 Å². The zero-order valence-corrected chi connectivity index (χ0v) is 26.0. The summed E-state index contributed by atoms with van der Waals surface area (Å²) in [5, 5.41) is 5.39. The third kappa shape index (κ3) is 5.78. The predicted molar refractivity (Wildman–Crippen MR) is 154 cm³/mol. The first-order chi connectivity index (χ1) is 21.3. The zero-order chi connectivity index (χ0) is 31.8. The number of nitrogens with zero attached hydrogens (tertiary/aromatic N) is 6. The number of alkyl halides is 2. The number of fused-ring (bicyclic) bond motifs is 5. The number of carbonyl (C=O) groups is 1. The number of nitrogen functional groups attached to an aromatic ring is 1. The van der Waals surface area contributed by atoms with Crippen LogP contribution in [0, 0.1) is 0 Å². The number of amides is 1. The second kappa shape index (κ2) is 11.6. The Balaban J connectivity index is 1.16. The van der Waals surface area contributed by atoms with E-state index in [4.69, 9.17) is 62.6 Å². The van der Waals surface area contributed by atoms with Crippen molar-refractivity contribution in [2.45, 2.75) is 67.7 Å². The van der Waals surface area contributed by atoms with Crippen LogP contribution in [0.4, 0.5) is 14.6 Å². The molecule has 246 valence electrons. The largest absolute Gasteiger partial charge is 0.382 e. The van der Waals surface area contributed by atoms with Gasteiger partial charge in [-0.25, -0.2) is 23.7 Å². The normalized spacial score (nSPS) is 45.4. The number of rotatable bonds is 2. The molecule has 2 aromatic rings. The van der Waals surface area contributed by atoms with Gasteiger partial charge in [0.05, 0.1) is 25.9 Å². The van der Waals surface area contributed by atoms with Crippen LogP contribution in [0.2, 0.25) is 0 Å². The third-order valence-electron chi connectivity index (χ3n) is 7.70. The molecule has 13 atom stereocenters. The molecule has 4 saturated heterocycles. The Bertz CT molecular complexity index is 1630. The van der Waals surface area contributed by atoms with Crippen molar-refractivity contribution in [3.63, 3.8) is 0 Å². The monoisotopic (exact) mass is 714 g/mol. The molecule has 8 N–H and O–H groups in total. The van der Waals surface area contributed by atoms with Crippen molar-refractivity contribution in [2.24, 2.45) is 10.7 Å². The molecule has 2 bridgehead atoms. The van der Waals surface area contributed by atoms with Gasteiger partial charge in [0.2, 0.25) is 0 Å². The van der Waals surface area contributed by atoms with Gasteiger partial charge in [0.1, 0.15) is 48.7 Å². The van der Waals surface area contributed by atoms with E-state index in [1.54, 1.807) is 0 Å². The summed E-state index contributed by atoms with van der Waals surface area (Å²) in [5.74, 6) is -0.433. The average Bonchev–Trinajstić information content (AvgIpc) is 3.72. The van der Waals surface area contributed by atoms with Crippen LogP contribution in [0.1, 0.15) is 6.23 Å². The molecule has 1 amide bonds. The predicted octanol–water partition coefficient (Wildman–Crippen LogP) is -2.04. The quantitative estimate of drug-likeness (QED) is 0.183. The Labute approximate surface area is 262 Å². The summed E-state index contributed by atoms with van der Waals surface area (Å²) in [7, 11) is 0. The first-order valence-electron chi connectivity index (χ1n) is 13.3. The number of carbonyl (C=O) groups excluding carboxylic acids is 1. The molecule has 0 aliphatic carbocycles. The number of nitrogens with one attached hydrogen (secondary N) is 2. The van der Waals surface area contributed by atoms with Crippen LogP contribution in [0.15, 0.2) is 17.6 Å². The highest BCUT2D eigenvalue weighted by atomic mass is 32.5. The standard InChI is InChI=1S/C20H26F2N10O9P2S2/c21-8-6-1-36-42(34,44)40-12-7(39-18(9(12)22)31-4-27-10-14(23)25-3-26-15(10)31)2-37-43(35,45)41-13(8)19(38-6)32-5-28-11-16(32)29-20(24)30-17(11)33/h3-9,11-13,16,18-20,29H,1-2,24H2,(H,30,33)(H,34,44)(H,35,45)(H2,23,25,26)/t6-,7-,8-,9-,11?,12-,13-,16?,18-,19-,20?,42?,43?/m1/s1. The number of imidazole rings is 1. The molecular formula is C20H26F2N10O9P2S2. The highest BCUT2D eigenvalue weighted by molar-refractivity contribution is 8.07. The Morgan fingerprint density at radius 2 is 1.69 bits per heavy atom. The number of hydrogen-bond acceptors (Lipinski definition) is 17. The zero-order valence-electron chi connectivity index (χ0n) is 22.6. The lowest BCUT2D eigenvalue weighted by Gasteiger charge is -2.39. The highest BCUT2D eigenvalue weighted by Gasteiger charge is 2.56. The summed E-state index contributed by atoms with van der Waals surface area (Å²) in [6.45, 7) is -9.93. The maximum absolute atomic E-state index is 16.0. The summed E-state index contributed by atoms with van der Waals surface area (Å²) >= 11 is 10.3. The lowest BCUT2D eigenvalue weighted by Crippen LogP contribution is -2.70. The molecule has 0 aromatic carbocycles. The highest BCUT2D eigenvalue weighted by Crippen LogP contribution is 2.54. The molecule has 5 aliphatic heterocycles. The third-order valence-corrected chi connectivity index (χ3v) is 10.8. The SMILES string of the molecule is Nc1ncnc2c1ncn2[C@@H]1O[C@@H]2COP(O)(=S)O[C@@H]3[C@H](F)[C@@H](COP(O)(=S)O[C@H]2[C@H]1F)O[C@H]3N1C=NC2C(=O)NC(N)NC21. The number of anilines is 1. The minimum atomic E-state index is -4.32. The minimum absolute atomic E-state index is 0.0501. The van der Waals surface area contributed by atoms with Crippen molar-refractivity contribution in [1.82, 2.24) is 35.1 Å².